The number of ether oxygens (including phenoxy) is 1. The number of nitrogens with one attached hydrogen (secondary N) is 1. The molecule has 1 unspecified atom stereocenters. The minimum atomic E-state index is -4.76. The van der Waals surface area contributed by atoms with Gasteiger partial charge < -0.3 is 19.4 Å². The van der Waals surface area contributed by atoms with E-state index in [0.29, 0.717) is 17.1 Å². The van der Waals surface area contributed by atoms with Crippen molar-refractivity contribution in [1.82, 2.24) is 10.2 Å². The van der Waals surface area contributed by atoms with Crippen molar-refractivity contribution in [3.8, 4) is 17.1 Å². The molecule has 2 heterocycles. The van der Waals surface area contributed by atoms with E-state index in [2.05, 4.69) is 10.1 Å². The molecule has 30 heavy (non-hydrogen) atoms. The summed E-state index contributed by atoms with van der Waals surface area (Å²) in [6.07, 6.45) is -5.07. The second kappa shape index (κ2) is 7.44. The van der Waals surface area contributed by atoms with Crippen LogP contribution in [0.3, 0.4) is 0 Å². The van der Waals surface area contributed by atoms with E-state index in [1.54, 1.807) is 30.3 Å². The Morgan fingerprint density at radius 1 is 1.00 bits per heavy atom. The first-order valence-corrected chi connectivity index (χ1v) is 9.13. The molecule has 0 radical (unpaired) electrons. The Morgan fingerprint density at radius 2 is 1.73 bits per heavy atom. The Morgan fingerprint density at radius 3 is 2.43 bits per heavy atom. The monoisotopic (exact) mass is 418 g/mol. The molecule has 0 aliphatic carbocycles. The molecule has 0 amide bonds. The van der Waals surface area contributed by atoms with E-state index in [-0.39, 0.29) is 17.7 Å². The van der Waals surface area contributed by atoms with Gasteiger partial charge in [0.1, 0.15) is 23.1 Å². The Labute approximate surface area is 170 Å². The summed E-state index contributed by atoms with van der Waals surface area (Å²) >= 11 is 0. The maximum Gasteiger partial charge on any atom is 0.573 e. The van der Waals surface area contributed by atoms with Gasteiger partial charge in [0.25, 0.3) is 0 Å². The summed E-state index contributed by atoms with van der Waals surface area (Å²) in [4.78, 5) is 1.98. The maximum absolute atomic E-state index is 13.2. The lowest BCUT2D eigenvalue weighted by Gasteiger charge is -2.21. The first-order chi connectivity index (χ1) is 14.2. The van der Waals surface area contributed by atoms with Gasteiger partial charge in [-0.25, -0.2) is 4.39 Å². The molecule has 1 aliphatic heterocycles. The van der Waals surface area contributed by atoms with Crippen LogP contribution in [0.15, 0.2) is 70.8 Å². The Hall–Kier alpha value is -3.42. The number of benzene rings is 2. The number of allylic oxidation sites excluding steroid dienone is 1. The van der Waals surface area contributed by atoms with Gasteiger partial charge in [0, 0.05) is 18.3 Å². The number of furan rings is 1. The minimum absolute atomic E-state index is 0.312. The zero-order valence-corrected chi connectivity index (χ0v) is 16.1. The quantitative estimate of drug-likeness (QED) is 0.535. The fourth-order valence-corrected chi connectivity index (χ4v) is 3.38. The summed E-state index contributed by atoms with van der Waals surface area (Å²) in [5.41, 5.74) is 3.10. The predicted molar refractivity (Wildman–Crippen MR) is 103 cm³/mol. The number of hydrogen-bond donors (Lipinski definition) is 1. The highest BCUT2D eigenvalue weighted by atomic mass is 19.4. The smallest absolute Gasteiger partial charge is 0.457 e. The van der Waals surface area contributed by atoms with Gasteiger partial charge in [0.05, 0.1) is 5.70 Å². The predicted octanol–water partition coefficient (Wildman–Crippen LogP) is 5.91. The largest absolute Gasteiger partial charge is 0.573 e. The lowest BCUT2D eigenvalue weighted by atomic mass is 10.1. The SMILES string of the molecule is CC1=C(c2ccc(F)cc2)NC(c2ccc(-c3cccc(OC(F)(F)F)c3)o2)N1C. The lowest BCUT2D eigenvalue weighted by Crippen LogP contribution is -2.25. The van der Waals surface area contributed by atoms with Gasteiger partial charge in [-0.1, -0.05) is 12.1 Å². The van der Waals surface area contributed by atoms with Gasteiger partial charge in [-0.2, -0.15) is 0 Å². The molecule has 156 valence electrons. The van der Waals surface area contributed by atoms with Crippen molar-refractivity contribution in [2.75, 3.05) is 7.05 Å². The van der Waals surface area contributed by atoms with Crippen LogP contribution in [0.2, 0.25) is 0 Å². The Bertz CT molecular complexity index is 1090. The summed E-state index contributed by atoms with van der Waals surface area (Å²) < 4.78 is 60.6. The van der Waals surface area contributed by atoms with Crippen LogP contribution in [-0.2, 0) is 0 Å². The van der Waals surface area contributed by atoms with E-state index in [0.717, 1.165) is 17.0 Å². The second-order valence-electron chi connectivity index (χ2n) is 6.90. The summed E-state index contributed by atoms with van der Waals surface area (Å²) in [7, 11) is 1.89. The Balaban J connectivity index is 1.56. The molecule has 0 fully saturated rings. The highest BCUT2D eigenvalue weighted by Gasteiger charge is 2.32. The zero-order chi connectivity index (χ0) is 21.5. The normalized spacial score (nSPS) is 16.7. The highest BCUT2D eigenvalue weighted by Crippen LogP contribution is 2.36. The van der Waals surface area contributed by atoms with Gasteiger partial charge in [-0.3, -0.25) is 0 Å². The van der Waals surface area contributed by atoms with Crippen LogP contribution in [0.5, 0.6) is 5.75 Å². The van der Waals surface area contributed by atoms with Crippen molar-refractivity contribution in [2.24, 2.45) is 0 Å². The van der Waals surface area contributed by atoms with E-state index >= 15 is 0 Å². The molecule has 0 saturated heterocycles. The third-order valence-corrected chi connectivity index (χ3v) is 4.94. The van der Waals surface area contributed by atoms with E-state index in [4.69, 9.17) is 4.42 Å². The van der Waals surface area contributed by atoms with Crippen LogP contribution in [0.25, 0.3) is 17.0 Å². The number of halogens is 4. The number of alkyl halides is 3. The minimum Gasteiger partial charge on any atom is -0.457 e. The van der Waals surface area contributed by atoms with Crippen LogP contribution >= 0.6 is 0 Å². The third kappa shape index (κ3) is 3.98. The van der Waals surface area contributed by atoms with E-state index in [1.165, 1.54) is 30.3 Å². The standard InChI is InChI=1S/C22H18F4N2O2/c1-13-20(14-6-8-16(23)9-7-14)27-21(28(13)2)19-11-10-18(29-19)15-4-3-5-17(12-15)30-22(24,25)26/h3-12,21,27H,1-2H3. The van der Waals surface area contributed by atoms with Gasteiger partial charge in [-0.15, -0.1) is 13.2 Å². The molecule has 8 heteroatoms. The molecule has 1 aromatic heterocycles. The summed E-state index contributed by atoms with van der Waals surface area (Å²) in [6.45, 7) is 1.94. The van der Waals surface area contributed by atoms with E-state index < -0.39 is 6.36 Å². The first kappa shape index (κ1) is 19.9. The average molecular weight is 418 g/mol. The lowest BCUT2D eigenvalue weighted by molar-refractivity contribution is -0.274. The number of hydrogen-bond acceptors (Lipinski definition) is 4. The molecule has 4 nitrogen and oxygen atoms in total. The van der Waals surface area contributed by atoms with Gasteiger partial charge in [0.2, 0.25) is 0 Å². The van der Waals surface area contributed by atoms with Crippen LogP contribution in [0.4, 0.5) is 17.6 Å². The van der Waals surface area contributed by atoms with Crippen molar-refractivity contribution >= 4 is 5.70 Å². The number of rotatable bonds is 4. The molecule has 0 bridgehead atoms. The Kier molecular flexibility index (Phi) is 4.93. The van der Waals surface area contributed by atoms with Crippen molar-refractivity contribution in [2.45, 2.75) is 19.5 Å². The van der Waals surface area contributed by atoms with Gasteiger partial charge in [0.15, 0.2) is 6.17 Å². The first-order valence-electron chi connectivity index (χ1n) is 9.13. The molecule has 1 N–H and O–H groups in total. The molecule has 0 saturated carbocycles. The van der Waals surface area contributed by atoms with E-state index in [9.17, 15) is 17.6 Å². The molecule has 4 rings (SSSR count). The van der Waals surface area contributed by atoms with Gasteiger partial charge in [-0.05, 0) is 61.0 Å². The molecular formula is C22H18F4N2O2. The molecular weight excluding hydrogens is 400 g/mol. The second-order valence-corrected chi connectivity index (χ2v) is 6.90. The van der Waals surface area contributed by atoms with E-state index in [1.807, 2.05) is 18.9 Å². The van der Waals surface area contributed by atoms with Crippen molar-refractivity contribution in [3.05, 3.63) is 83.5 Å². The zero-order valence-electron chi connectivity index (χ0n) is 16.1. The summed E-state index contributed by atoms with van der Waals surface area (Å²) in [6, 6.07) is 15.3. The topological polar surface area (TPSA) is 37.6 Å². The molecule has 2 aromatic carbocycles. The molecule has 1 aliphatic rings. The van der Waals surface area contributed by atoms with Crippen molar-refractivity contribution in [1.29, 1.82) is 0 Å². The third-order valence-electron chi connectivity index (χ3n) is 4.94. The average Bonchev–Trinajstić information content (AvgIpc) is 3.28. The summed E-state index contributed by atoms with van der Waals surface area (Å²) in [5.74, 6) is 0.379. The van der Waals surface area contributed by atoms with Crippen LogP contribution < -0.4 is 10.1 Å². The van der Waals surface area contributed by atoms with Crippen molar-refractivity contribution < 1.29 is 26.7 Å². The van der Waals surface area contributed by atoms with Crippen LogP contribution in [0.1, 0.15) is 24.4 Å². The molecule has 3 aromatic rings. The maximum atomic E-state index is 13.2. The van der Waals surface area contributed by atoms with Crippen LogP contribution in [-0.4, -0.2) is 18.3 Å². The molecule has 1 atom stereocenters. The highest BCUT2D eigenvalue weighted by molar-refractivity contribution is 5.69. The fourth-order valence-electron chi connectivity index (χ4n) is 3.38. The summed E-state index contributed by atoms with van der Waals surface area (Å²) in [5, 5.41) is 3.37. The van der Waals surface area contributed by atoms with Crippen molar-refractivity contribution in [3.63, 3.8) is 0 Å². The number of nitrogens with zero attached hydrogens (tertiary/aromatic N) is 1. The molecule has 0 spiro atoms. The fraction of sp³-hybridized carbons (Fsp3) is 0.182. The van der Waals surface area contributed by atoms with Gasteiger partial charge >= 0.3 is 6.36 Å². The van der Waals surface area contributed by atoms with Crippen LogP contribution in [0, 0.1) is 5.82 Å².